The molecule has 0 aliphatic heterocycles. The Kier molecular flexibility index (Phi) is 3.56. The molecule has 0 amide bonds. The van der Waals surface area contributed by atoms with Crippen LogP contribution in [0.2, 0.25) is 0 Å². The second-order valence-electron chi connectivity index (χ2n) is 2.90. The molecule has 70 valence electrons. The van der Waals surface area contributed by atoms with Gasteiger partial charge in [-0.2, -0.15) is 0 Å². The zero-order valence-electron chi connectivity index (χ0n) is 8.50. The normalized spacial score (nSPS) is 11.5. The largest absolute Gasteiger partial charge is 0.497 e. The lowest BCUT2D eigenvalue weighted by molar-refractivity contribution is 0.414. The first-order valence-electron chi connectivity index (χ1n) is 4.61. The highest BCUT2D eigenvalue weighted by atomic mass is 16.5. The summed E-state index contributed by atoms with van der Waals surface area (Å²) >= 11 is 0. The first kappa shape index (κ1) is 9.85. The Bertz CT molecular complexity index is 300. The van der Waals surface area contributed by atoms with Crippen LogP contribution >= 0.6 is 0 Å². The number of hydrogen-bond acceptors (Lipinski definition) is 1. The monoisotopic (exact) mass is 176 g/mol. The van der Waals surface area contributed by atoms with E-state index in [0.29, 0.717) is 0 Å². The van der Waals surface area contributed by atoms with Crippen molar-refractivity contribution in [3.63, 3.8) is 0 Å². The van der Waals surface area contributed by atoms with E-state index in [-0.39, 0.29) is 0 Å². The molecule has 0 fully saturated rings. The van der Waals surface area contributed by atoms with Gasteiger partial charge in [-0.05, 0) is 36.6 Å². The summed E-state index contributed by atoms with van der Waals surface area (Å²) in [4.78, 5) is 0. The fourth-order valence-electron chi connectivity index (χ4n) is 1.40. The first-order chi connectivity index (χ1) is 6.31. The van der Waals surface area contributed by atoms with E-state index in [9.17, 15) is 0 Å². The topological polar surface area (TPSA) is 9.23 Å². The van der Waals surface area contributed by atoms with Crippen LogP contribution in [-0.4, -0.2) is 7.11 Å². The molecule has 1 rings (SSSR count). The fourth-order valence-corrected chi connectivity index (χ4v) is 1.40. The number of allylic oxidation sites excluding steroid dienone is 2. The Morgan fingerprint density at radius 2 is 2.23 bits per heavy atom. The highest BCUT2D eigenvalue weighted by molar-refractivity contribution is 5.66. The van der Waals surface area contributed by atoms with Crippen molar-refractivity contribution in [3.8, 4) is 5.75 Å². The molecule has 0 heterocycles. The van der Waals surface area contributed by atoms with Gasteiger partial charge in [0.2, 0.25) is 0 Å². The van der Waals surface area contributed by atoms with Crippen molar-refractivity contribution in [3.05, 3.63) is 35.9 Å². The van der Waals surface area contributed by atoms with Gasteiger partial charge < -0.3 is 4.74 Å². The van der Waals surface area contributed by atoms with Gasteiger partial charge in [-0.15, -0.1) is 0 Å². The van der Waals surface area contributed by atoms with Crippen molar-refractivity contribution in [1.29, 1.82) is 0 Å². The summed E-state index contributed by atoms with van der Waals surface area (Å²) in [7, 11) is 1.69. The van der Waals surface area contributed by atoms with Gasteiger partial charge in [-0.25, -0.2) is 0 Å². The molecule has 1 aromatic rings. The van der Waals surface area contributed by atoms with Gasteiger partial charge in [0.05, 0.1) is 7.11 Å². The van der Waals surface area contributed by atoms with E-state index in [1.165, 1.54) is 11.1 Å². The molecule has 0 aromatic heterocycles. The van der Waals surface area contributed by atoms with E-state index in [4.69, 9.17) is 4.74 Å². The Labute approximate surface area is 80.0 Å². The molecule has 13 heavy (non-hydrogen) atoms. The lowest BCUT2D eigenvalue weighted by Gasteiger charge is -2.06. The zero-order valence-corrected chi connectivity index (χ0v) is 8.50. The molecule has 0 atom stereocenters. The van der Waals surface area contributed by atoms with Crippen LogP contribution in [0.5, 0.6) is 5.75 Å². The van der Waals surface area contributed by atoms with E-state index < -0.39 is 0 Å². The maximum absolute atomic E-state index is 5.17. The summed E-state index contributed by atoms with van der Waals surface area (Å²) in [6.45, 7) is 4.23. The molecule has 0 saturated heterocycles. The van der Waals surface area contributed by atoms with Gasteiger partial charge in [-0.1, -0.05) is 25.1 Å². The molecule has 1 aromatic carbocycles. The van der Waals surface area contributed by atoms with Crippen LogP contribution in [0.4, 0.5) is 0 Å². The maximum Gasteiger partial charge on any atom is 0.119 e. The number of rotatable bonds is 3. The second-order valence-corrected chi connectivity index (χ2v) is 2.90. The lowest BCUT2D eigenvalue weighted by Crippen LogP contribution is -1.86. The minimum atomic E-state index is 0.922. The predicted octanol–water partition coefficient (Wildman–Crippen LogP) is 3.51. The van der Waals surface area contributed by atoms with Gasteiger partial charge in [0, 0.05) is 0 Å². The maximum atomic E-state index is 5.17. The SMILES string of the molecule is CC=C(CC)c1cccc(OC)c1. The first-order valence-corrected chi connectivity index (χ1v) is 4.61. The molecule has 0 bridgehead atoms. The minimum Gasteiger partial charge on any atom is -0.497 e. The summed E-state index contributed by atoms with van der Waals surface area (Å²) in [5.41, 5.74) is 2.61. The molecule has 0 aliphatic rings. The second kappa shape index (κ2) is 4.70. The molecule has 0 spiro atoms. The molecule has 1 nitrogen and oxygen atoms in total. The van der Waals surface area contributed by atoms with Crippen molar-refractivity contribution < 1.29 is 4.74 Å². The van der Waals surface area contributed by atoms with Crippen molar-refractivity contribution in [2.75, 3.05) is 7.11 Å². The summed E-state index contributed by atoms with van der Waals surface area (Å²) in [5.74, 6) is 0.922. The van der Waals surface area contributed by atoms with Crippen molar-refractivity contribution >= 4 is 5.57 Å². The molecule has 0 saturated carbocycles. The highest BCUT2D eigenvalue weighted by Gasteiger charge is 1.98. The summed E-state index contributed by atoms with van der Waals surface area (Å²) in [5, 5.41) is 0. The van der Waals surface area contributed by atoms with Crippen LogP contribution in [0.3, 0.4) is 0 Å². The minimum absolute atomic E-state index is 0.922. The molecule has 1 heteroatoms. The molecule has 0 unspecified atom stereocenters. The number of hydrogen-bond donors (Lipinski definition) is 0. The van der Waals surface area contributed by atoms with E-state index in [2.05, 4.69) is 32.1 Å². The highest BCUT2D eigenvalue weighted by Crippen LogP contribution is 2.21. The van der Waals surface area contributed by atoms with Gasteiger partial charge in [0.25, 0.3) is 0 Å². The molecule has 0 aliphatic carbocycles. The van der Waals surface area contributed by atoms with Crippen LogP contribution < -0.4 is 4.74 Å². The Balaban J connectivity index is 3.00. The zero-order chi connectivity index (χ0) is 9.68. The number of benzene rings is 1. The molecular weight excluding hydrogens is 160 g/mol. The predicted molar refractivity (Wildman–Crippen MR) is 56.9 cm³/mol. The van der Waals surface area contributed by atoms with Crippen LogP contribution in [0.1, 0.15) is 25.8 Å². The summed E-state index contributed by atoms with van der Waals surface area (Å²) < 4.78 is 5.17. The third-order valence-electron chi connectivity index (χ3n) is 2.17. The van der Waals surface area contributed by atoms with E-state index >= 15 is 0 Å². The van der Waals surface area contributed by atoms with E-state index in [1.54, 1.807) is 7.11 Å². The third-order valence-corrected chi connectivity index (χ3v) is 2.17. The van der Waals surface area contributed by atoms with Gasteiger partial charge in [-0.3, -0.25) is 0 Å². The smallest absolute Gasteiger partial charge is 0.119 e. The molecule has 0 N–H and O–H groups in total. The van der Waals surface area contributed by atoms with Gasteiger partial charge in [0.15, 0.2) is 0 Å². The number of ether oxygens (including phenoxy) is 1. The van der Waals surface area contributed by atoms with Crippen molar-refractivity contribution in [1.82, 2.24) is 0 Å². The molecular formula is C12H16O. The van der Waals surface area contributed by atoms with Crippen molar-refractivity contribution in [2.45, 2.75) is 20.3 Å². The Hall–Kier alpha value is -1.24. The standard InChI is InChI=1S/C12H16O/c1-4-10(5-2)11-7-6-8-12(9-11)13-3/h4,6-9H,5H2,1-3H3. The van der Waals surface area contributed by atoms with E-state index in [0.717, 1.165) is 12.2 Å². The average Bonchev–Trinajstić information content (AvgIpc) is 2.20. The third kappa shape index (κ3) is 2.35. The number of methoxy groups -OCH3 is 1. The average molecular weight is 176 g/mol. The van der Waals surface area contributed by atoms with Crippen LogP contribution in [0.15, 0.2) is 30.3 Å². The molecule has 0 radical (unpaired) electrons. The van der Waals surface area contributed by atoms with Crippen LogP contribution in [0.25, 0.3) is 5.57 Å². The quantitative estimate of drug-likeness (QED) is 0.684. The fraction of sp³-hybridized carbons (Fsp3) is 0.333. The van der Waals surface area contributed by atoms with Crippen LogP contribution in [-0.2, 0) is 0 Å². The summed E-state index contributed by atoms with van der Waals surface area (Å²) in [6.07, 6.45) is 3.21. The van der Waals surface area contributed by atoms with Gasteiger partial charge in [0.1, 0.15) is 5.75 Å². The van der Waals surface area contributed by atoms with Crippen LogP contribution in [0, 0.1) is 0 Å². The van der Waals surface area contributed by atoms with Gasteiger partial charge >= 0.3 is 0 Å². The van der Waals surface area contributed by atoms with E-state index in [1.807, 2.05) is 12.1 Å². The Morgan fingerprint density at radius 3 is 2.77 bits per heavy atom. The van der Waals surface area contributed by atoms with Crippen molar-refractivity contribution in [2.24, 2.45) is 0 Å². The lowest BCUT2D eigenvalue weighted by atomic mass is 10.0. The summed E-state index contributed by atoms with van der Waals surface area (Å²) in [6, 6.07) is 8.17. The Morgan fingerprint density at radius 1 is 1.46 bits per heavy atom.